The first kappa shape index (κ1) is 18.0. The molecule has 0 aliphatic carbocycles. The standard InChI is InChI=1S/C21H16N2O4S/c24-28(25,26)21-11-3-17(4-12-21)16-1-7-19(8-2-16)27-20-9-5-18(6-10-20)23-14-13-22-15-23/h1-15H,(H,24,25,26). The smallest absolute Gasteiger partial charge is 0.294 e. The molecule has 0 spiro atoms. The SMILES string of the molecule is O=S(=O)(O)c1ccc(-c2ccc(Oc3ccc(-n4ccnc4)cc3)cc2)cc1. The number of rotatable bonds is 5. The van der Waals surface area contributed by atoms with Crippen LogP contribution in [0.3, 0.4) is 0 Å². The van der Waals surface area contributed by atoms with E-state index in [1.54, 1.807) is 24.7 Å². The zero-order valence-corrected chi connectivity index (χ0v) is 15.5. The zero-order valence-electron chi connectivity index (χ0n) is 14.6. The van der Waals surface area contributed by atoms with Crippen LogP contribution in [0.2, 0.25) is 0 Å². The molecule has 7 heteroatoms. The summed E-state index contributed by atoms with van der Waals surface area (Å²) in [5.74, 6) is 1.41. The number of aromatic nitrogens is 2. The lowest BCUT2D eigenvalue weighted by Gasteiger charge is -2.09. The number of hydrogen-bond acceptors (Lipinski definition) is 4. The Balaban J connectivity index is 1.47. The van der Waals surface area contributed by atoms with E-state index < -0.39 is 10.1 Å². The Kier molecular flexibility index (Phi) is 4.68. The maximum atomic E-state index is 11.1. The van der Waals surface area contributed by atoms with Crippen LogP contribution in [0.25, 0.3) is 16.8 Å². The summed E-state index contributed by atoms with van der Waals surface area (Å²) in [6.45, 7) is 0. The minimum atomic E-state index is -4.19. The summed E-state index contributed by atoms with van der Waals surface area (Å²) in [7, 11) is -4.19. The molecule has 0 unspecified atom stereocenters. The van der Waals surface area contributed by atoms with Crippen molar-refractivity contribution in [3.8, 4) is 28.3 Å². The van der Waals surface area contributed by atoms with Crippen molar-refractivity contribution in [2.24, 2.45) is 0 Å². The van der Waals surface area contributed by atoms with E-state index in [0.717, 1.165) is 16.8 Å². The Morgan fingerprint density at radius 2 is 1.32 bits per heavy atom. The second kappa shape index (κ2) is 7.30. The quantitative estimate of drug-likeness (QED) is 0.503. The van der Waals surface area contributed by atoms with Crippen LogP contribution in [-0.2, 0) is 10.1 Å². The molecule has 0 amide bonds. The van der Waals surface area contributed by atoms with E-state index in [1.165, 1.54) is 12.1 Å². The van der Waals surface area contributed by atoms with Gasteiger partial charge in [-0.3, -0.25) is 4.55 Å². The van der Waals surface area contributed by atoms with Crippen molar-refractivity contribution in [2.45, 2.75) is 4.90 Å². The summed E-state index contributed by atoms with van der Waals surface area (Å²) in [6, 6.07) is 21.2. The van der Waals surface area contributed by atoms with Gasteiger partial charge in [0.1, 0.15) is 11.5 Å². The molecule has 0 radical (unpaired) electrons. The van der Waals surface area contributed by atoms with Crippen LogP contribution in [0.4, 0.5) is 0 Å². The first-order valence-corrected chi connectivity index (χ1v) is 9.87. The van der Waals surface area contributed by atoms with Gasteiger partial charge in [0, 0.05) is 18.1 Å². The summed E-state index contributed by atoms with van der Waals surface area (Å²) in [6.07, 6.45) is 5.33. The van der Waals surface area contributed by atoms with Crippen LogP contribution >= 0.6 is 0 Å². The maximum Gasteiger partial charge on any atom is 0.294 e. The Bertz CT molecular complexity index is 1170. The third-order valence-corrected chi connectivity index (χ3v) is 5.08. The third-order valence-electron chi connectivity index (χ3n) is 4.21. The van der Waals surface area contributed by atoms with Crippen molar-refractivity contribution in [2.75, 3.05) is 0 Å². The van der Waals surface area contributed by atoms with E-state index in [9.17, 15) is 8.42 Å². The average Bonchev–Trinajstić information content (AvgIpc) is 3.23. The molecule has 6 nitrogen and oxygen atoms in total. The first-order chi connectivity index (χ1) is 13.5. The topological polar surface area (TPSA) is 81.4 Å². The molecular formula is C21H16N2O4S. The molecule has 4 aromatic rings. The van der Waals surface area contributed by atoms with Crippen LogP contribution in [0.5, 0.6) is 11.5 Å². The Labute approximate surface area is 162 Å². The largest absolute Gasteiger partial charge is 0.457 e. The van der Waals surface area contributed by atoms with E-state index in [2.05, 4.69) is 4.98 Å². The van der Waals surface area contributed by atoms with Crippen LogP contribution in [0.1, 0.15) is 0 Å². The molecule has 3 aromatic carbocycles. The molecule has 0 saturated carbocycles. The van der Waals surface area contributed by atoms with Crippen molar-refractivity contribution in [1.29, 1.82) is 0 Å². The number of hydrogen-bond donors (Lipinski definition) is 1. The van der Waals surface area contributed by atoms with Crippen molar-refractivity contribution in [1.82, 2.24) is 9.55 Å². The maximum absolute atomic E-state index is 11.1. The van der Waals surface area contributed by atoms with Crippen molar-refractivity contribution in [3.05, 3.63) is 91.5 Å². The minimum Gasteiger partial charge on any atom is -0.457 e. The Morgan fingerprint density at radius 1 is 0.786 bits per heavy atom. The van der Waals surface area contributed by atoms with Gasteiger partial charge in [0.25, 0.3) is 10.1 Å². The molecule has 140 valence electrons. The fraction of sp³-hybridized carbons (Fsp3) is 0. The molecule has 0 atom stereocenters. The molecule has 0 aliphatic heterocycles. The van der Waals surface area contributed by atoms with E-state index in [0.29, 0.717) is 11.5 Å². The number of ether oxygens (including phenoxy) is 1. The van der Waals surface area contributed by atoms with Gasteiger partial charge in [-0.25, -0.2) is 4.98 Å². The molecule has 0 saturated heterocycles. The predicted molar refractivity (Wildman–Crippen MR) is 105 cm³/mol. The van der Waals surface area contributed by atoms with E-state index in [1.807, 2.05) is 59.3 Å². The molecule has 1 heterocycles. The second-order valence-electron chi connectivity index (χ2n) is 6.09. The first-order valence-electron chi connectivity index (χ1n) is 8.43. The predicted octanol–water partition coefficient (Wildman–Crippen LogP) is 4.58. The number of benzene rings is 3. The number of nitrogens with zero attached hydrogens (tertiary/aromatic N) is 2. The molecule has 1 aromatic heterocycles. The summed E-state index contributed by atoms with van der Waals surface area (Å²) < 4.78 is 39.1. The number of imidazole rings is 1. The molecule has 4 rings (SSSR count). The van der Waals surface area contributed by atoms with Crippen molar-refractivity contribution < 1.29 is 17.7 Å². The van der Waals surface area contributed by atoms with E-state index in [-0.39, 0.29) is 4.90 Å². The summed E-state index contributed by atoms with van der Waals surface area (Å²) in [5.41, 5.74) is 2.74. The van der Waals surface area contributed by atoms with Gasteiger partial charge in [0.2, 0.25) is 0 Å². The normalized spacial score (nSPS) is 11.3. The van der Waals surface area contributed by atoms with Gasteiger partial charge in [-0.15, -0.1) is 0 Å². The lowest BCUT2D eigenvalue weighted by molar-refractivity contribution is 0.482. The van der Waals surface area contributed by atoms with Gasteiger partial charge in [0.15, 0.2) is 0 Å². The highest BCUT2D eigenvalue weighted by Gasteiger charge is 2.09. The van der Waals surface area contributed by atoms with Gasteiger partial charge in [-0.1, -0.05) is 24.3 Å². The van der Waals surface area contributed by atoms with Gasteiger partial charge in [-0.05, 0) is 59.7 Å². The fourth-order valence-corrected chi connectivity index (χ4v) is 3.25. The highest BCUT2D eigenvalue weighted by Crippen LogP contribution is 2.27. The highest BCUT2D eigenvalue weighted by molar-refractivity contribution is 7.85. The molecule has 1 N–H and O–H groups in total. The zero-order chi connectivity index (χ0) is 19.6. The third kappa shape index (κ3) is 3.95. The van der Waals surface area contributed by atoms with Crippen LogP contribution in [0, 0.1) is 0 Å². The van der Waals surface area contributed by atoms with Gasteiger partial charge in [0.05, 0.1) is 11.2 Å². The Morgan fingerprint density at radius 3 is 1.82 bits per heavy atom. The minimum absolute atomic E-state index is 0.129. The average molecular weight is 392 g/mol. The van der Waals surface area contributed by atoms with Crippen LogP contribution < -0.4 is 4.74 Å². The van der Waals surface area contributed by atoms with E-state index >= 15 is 0 Å². The van der Waals surface area contributed by atoms with Crippen LogP contribution in [-0.4, -0.2) is 22.5 Å². The highest BCUT2D eigenvalue weighted by atomic mass is 32.2. The molecule has 28 heavy (non-hydrogen) atoms. The van der Waals surface area contributed by atoms with E-state index in [4.69, 9.17) is 9.29 Å². The lowest BCUT2D eigenvalue weighted by atomic mass is 10.1. The summed E-state index contributed by atoms with van der Waals surface area (Å²) in [5, 5.41) is 0. The van der Waals surface area contributed by atoms with Gasteiger partial charge in [-0.2, -0.15) is 8.42 Å². The van der Waals surface area contributed by atoms with Crippen LogP contribution in [0.15, 0.2) is 96.4 Å². The fourth-order valence-electron chi connectivity index (χ4n) is 2.77. The van der Waals surface area contributed by atoms with Crippen molar-refractivity contribution >= 4 is 10.1 Å². The van der Waals surface area contributed by atoms with Gasteiger partial charge >= 0.3 is 0 Å². The summed E-state index contributed by atoms with van der Waals surface area (Å²) in [4.78, 5) is 3.90. The Hall–Kier alpha value is -3.42. The van der Waals surface area contributed by atoms with Gasteiger partial charge < -0.3 is 9.30 Å². The van der Waals surface area contributed by atoms with Crippen molar-refractivity contribution in [3.63, 3.8) is 0 Å². The molecule has 0 aliphatic rings. The lowest BCUT2D eigenvalue weighted by Crippen LogP contribution is -1.97. The second-order valence-corrected chi connectivity index (χ2v) is 7.51. The molecule has 0 fully saturated rings. The summed E-state index contributed by atoms with van der Waals surface area (Å²) >= 11 is 0. The molecule has 0 bridgehead atoms. The monoisotopic (exact) mass is 392 g/mol. The molecular weight excluding hydrogens is 376 g/mol.